The lowest BCUT2D eigenvalue weighted by atomic mass is 9.86. The van der Waals surface area contributed by atoms with E-state index in [0.29, 0.717) is 36.4 Å². The first-order chi connectivity index (χ1) is 15.4. The van der Waals surface area contributed by atoms with E-state index in [1.807, 2.05) is 41.3 Å². The fraction of sp³-hybridized carbons (Fsp3) is 0.200. The number of halogens is 1. The second kappa shape index (κ2) is 8.30. The monoisotopic (exact) mass is 508 g/mol. The molecule has 5 nitrogen and oxygen atoms in total. The number of carbonyl (C=O) groups excluding carboxylic acids is 1. The molecule has 162 valence electrons. The van der Waals surface area contributed by atoms with Crippen molar-refractivity contribution in [3.63, 3.8) is 0 Å². The lowest BCUT2D eigenvalue weighted by Gasteiger charge is -2.30. The van der Waals surface area contributed by atoms with Crippen LogP contribution in [0.1, 0.15) is 39.9 Å². The van der Waals surface area contributed by atoms with E-state index >= 15 is 0 Å². The van der Waals surface area contributed by atoms with Gasteiger partial charge in [-0.15, -0.1) is 0 Å². The van der Waals surface area contributed by atoms with Gasteiger partial charge in [0.1, 0.15) is 0 Å². The normalized spacial score (nSPS) is 17.3. The Kier molecular flexibility index (Phi) is 5.47. The number of piperidine rings is 1. The molecule has 5 rings (SSSR count). The third kappa shape index (κ3) is 3.80. The highest BCUT2D eigenvalue weighted by Gasteiger charge is 2.31. The molecule has 3 aromatic rings. The van der Waals surface area contributed by atoms with Crippen LogP contribution in [0, 0.1) is 0 Å². The van der Waals surface area contributed by atoms with Crippen LogP contribution in [-0.2, 0) is 15.6 Å². The van der Waals surface area contributed by atoms with Gasteiger partial charge in [0, 0.05) is 35.5 Å². The summed E-state index contributed by atoms with van der Waals surface area (Å²) in [7, 11) is -3.44. The Morgan fingerprint density at radius 1 is 0.938 bits per heavy atom. The highest BCUT2D eigenvalue weighted by atomic mass is 79.9. The zero-order chi connectivity index (χ0) is 22.3. The van der Waals surface area contributed by atoms with Crippen molar-refractivity contribution in [2.75, 3.05) is 13.1 Å². The zero-order valence-electron chi connectivity index (χ0n) is 17.3. The average Bonchev–Trinajstić information content (AvgIpc) is 2.90. The molecule has 3 heterocycles. The summed E-state index contributed by atoms with van der Waals surface area (Å²) in [4.78, 5) is 19.3. The van der Waals surface area contributed by atoms with Crippen molar-refractivity contribution in [2.45, 2.75) is 23.5 Å². The van der Waals surface area contributed by atoms with Crippen LogP contribution in [0.2, 0.25) is 0 Å². The van der Waals surface area contributed by atoms with Gasteiger partial charge in [-0.1, -0.05) is 48.0 Å². The van der Waals surface area contributed by atoms with Gasteiger partial charge in [0.2, 0.25) is 0 Å². The lowest BCUT2D eigenvalue weighted by Crippen LogP contribution is -2.36. The topological polar surface area (TPSA) is 67.3 Å². The van der Waals surface area contributed by atoms with Crippen molar-refractivity contribution >= 4 is 37.2 Å². The third-order valence-corrected chi connectivity index (χ3v) is 8.23. The second-order valence-electron chi connectivity index (χ2n) is 8.07. The predicted octanol–water partition coefficient (Wildman–Crippen LogP) is 4.87. The summed E-state index contributed by atoms with van der Waals surface area (Å²) in [5.41, 5.74) is 5.33. The quantitative estimate of drug-likeness (QED) is 0.470. The van der Waals surface area contributed by atoms with Crippen molar-refractivity contribution in [1.29, 1.82) is 0 Å². The standard InChI is InChI=1S/C25H21BrN2O3S/c26-20-13-19(14-27-15-20)25(29)28-11-9-17(10-12-28)24-21-6-2-1-5-18(21)16-32(30,31)23-8-4-3-7-22(23)24/h1-8,13-15H,9-12,16H2. The van der Waals surface area contributed by atoms with Gasteiger partial charge in [0.15, 0.2) is 9.84 Å². The summed E-state index contributed by atoms with van der Waals surface area (Å²) in [6.07, 6.45) is 4.64. The van der Waals surface area contributed by atoms with E-state index < -0.39 is 9.84 Å². The van der Waals surface area contributed by atoms with E-state index in [9.17, 15) is 13.2 Å². The first-order valence-corrected chi connectivity index (χ1v) is 12.9. The number of fused-ring (bicyclic) bond motifs is 2. The number of pyridine rings is 1. The predicted molar refractivity (Wildman–Crippen MR) is 127 cm³/mol. The summed E-state index contributed by atoms with van der Waals surface area (Å²) >= 11 is 3.37. The van der Waals surface area contributed by atoms with Crippen LogP contribution in [0.4, 0.5) is 0 Å². The van der Waals surface area contributed by atoms with Gasteiger partial charge in [0.05, 0.1) is 16.2 Å². The van der Waals surface area contributed by atoms with E-state index in [4.69, 9.17) is 0 Å². The molecule has 0 N–H and O–H groups in total. The Balaban J connectivity index is 1.55. The van der Waals surface area contributed by atoms with Crippen LogP contribution in [0.25, 0.3) is 5.57 Å². The zero-order valence-corrected chi connectivity index (χ0v) is 19.7. The molecule has 2 aliphatic heterocycles. The molecule has 1 fully saturated rings. The summed E-state index contributed by atoms with van der Waals surface area (Å²) < 4.78 is 27.0. The van der Waals surface area contributed by atoms with Crippen molar-refractivity contribution in [1.82, 2.24) is 9.88 Å². The Bertz CT molecular complexity index is 1350. The van der Waals surface area contributed by atoms with E-state index in [1.54, 1.807) is 30.6 Å². The summed E-state index contributed by atoms with van der Waals surface area (Å²) in [6, 6.07) is 16.8. The Morgan fingerprint density at radius 3 is 2.38 bits per heavy atom. The maximum absolute atomic E-state index is 13.1. The maximum Gasteiger partial charge on any atom is 0.255 e. The minimum atomic E-state index is -3.44. The molecular weight excluding hydrogens is 488 g/mol. The van der Waals surface area contributed by atoms with E-state index in [1.165, 1.54) is 5.57 Å². The number of sulfone groups is 1. The van der Waals surface area contributed by atoms with Gasteiger partial charge in [-0.25, -0.2) is 8.42 Å². The fourth-order valence-corrected chi connectivity index (χ4v) is 6.56. The molecule has 32 heavy (non-hydrogen) atoms. The number of likely N-dealkylation sites (tertiary alicyclic amines) is 1. The largest absolute Gasteiger partial charge is 0.338 e. The van der Waals surface area contributed by atoms with Crippen LogP contribution in [-0.4, -0.2) is 37.3 Å². The Hall–Kier alpha value is -2.77. The molecule has 0 spiro atoms. The first kappa shape index (κ1) is 21.1. The van der Waals surface area contributed by atoms with E-state index in [2.05, 4.69) is 20.9 Å². The number of nitrogens with zero attached hydrogens (tertiary/aromatic N) is 2. The number of hydrogen-bond donors (Lipinski definition) is 0. The summed E-state index contributed by atoms with van der Waals surface area (Å²) in [6.45, 7) is 1.17. The van der Waals surface area contributed by atoms with Crippen LogP contribution in [0.3, 0.4) is 0 Å². The molecule has 2 aromatic carbocycles. The number of benzene rings is 2. The Labute approximate surface area is 195 Å². The number of hydrogen-bond acceptors (Lipinski definition) is 4. The summed E-state index contributed by atoms with van der Waals surface area (Å²) in [5, 5.41) is 0. The highest BCUT2D eigenvalue weighted by molar-refractivity contribution is 9.10. The van der Waals surface area contributed by atoms with Gasteiger partial charge >= 0.3 is 0 Å². The highest BCUT2D eigenvalue weighted by Crippen LogP contribution is 2.41. The fourth-order valence-electron chi connectivity index (χ4n) is 4.58. The smallest absolute Gasteiger partial charge is 0.255 e. The average molecular weight is 509 g/mol. The van der Waals surface area contributed by atoms with E-state index in [-0.39, 0.29) is 11.7 Å². The van der Waals surface area contributed by atoms with Gasteiger partial charge in [-0.3, -0.25) is 9.78 Å². The minimum absolute atomic E-state index is 0.00252. The molecule has 7 heteroatoms. The molecule has 2 aliphatic rings. The lowest BCUT2D eigenvalue weighted by molar-refractivity contribution is 0.0743. The Morgan fingerprint density at radius 2 is 1.62 bits per heavy atom. The molecule has 1 aromatic heterocycles. The van der Waals surface area contributed by atoms with Crippen LogP contribution < -0.4 is 0 Å². The SMILES string of the molecule is O=C(c1cncc(Br)c1)N1CCC(=C2c3ccccc3CS(=O)(=O)c3ccccc32)CC1. The number of aromatic nitrogens is 1. The van der Waals surface area contributed by atoms with Gasteiger partial charge in [0.25, 0.3) is 5.91 Å². The second-order valence-corrected chi connectivity index (χ2v) is 10.9. The summed E-state index contributed by atoms with van der Waals surface area (Å²) in [5.74, 6) is -0.0376. The van der Waals surface area contributed by atoms with Crippen molar-refractivity contribution in [3.05, 3.63) is 99.3 Å². The van der Waals surface area contributed by atoms with Gasteiger partial charge in [-0.2, -0.15) is 0 Å². The molecule has 0 unspecified atom stereocenters. The molecule has 0 saturated carbocycles. The van der Waals surface area contributed by atoms with E-state index in [0.717, 1.165) is 26.7 Å². The molecule has 0 atom stereocenters. The number of rotatable bonds is 1. The van der Waals surface area contributed by atoms with Crippen LogP contribution in [0.5, 0.6) is 0 Å². The van der Waals surface area contributed by atoms with Gasteiger partial charge < -0.3 is 4.90 Å². The molecule has 0 bridgehead atoms. The molecule has 1 amide bonds. The van der Waals surface area contributed by atoms with Crippen molar-refractivity contribution in [3.8, 4) is 0 Å². The molecule has 1 saturated heterocycles. The number of amides is 1. The maximum atomic E-state index is 13.1. The molecular formula is C25H21BrN2O3S. The number of carbonyl (C=O) groups is 1. The van der Waals surface area contributed by atoms with Crippen LogP contribution >= 0.6 is 15.9 Å². The first-order valence-electron chi connectivity index (χ1n) is 10.5. The van der Waals surface area contributed by atoms with Crippen LogP contribution in [0.15, 0.2) is 81.9 Å². The van der Waals surface area contributed by atoms with Crippen molar-refractivity contribution in [2.24, 2.45) is 0 Å². The molecule has 0 radical (unpaired) electrons. The third-order valence-electron chi connectivity index (χ3n) is 6.08. The minimum Gasteiger partial charge on any atom is -0.338 e. The molecule has 0 aliphatic carbocycles. The van der Waals surface area contributed by atoms with Crippen molar-refractivity contribution < 1.29 is 13.2 Å². The van der Waals surface area contributed by atoms with Gasteiger partial charge in [-0.05, 0) is 57.6 Å².